The smallest absolute Gasteiger partial charge is 0.328 e. The first-order chi connectivity index (χ1) is 5.04. The summed E-state index contributed by atoms with van der Waals surface area (Å²) in [4.78, 5) is 19.9. The van der Waals surface area contributed by atoms with Gasteiger partial charge in [-0.3, -0.25) is 4.79 Å². The quantitative estimate of drug-likeness (QED) is 0.290. The van der Waals surface area contributed by atoms with Crippen molar-refractivity contribution in [1.82, 2.24) is 0 Å². The summed E-state index contributed by atoms with van der Waals surface area (Å²) in [7, 11) is 0. The standard InChI is InChI=1S/C6H7NO4/c7-6(11)4(8)2-1-3-5(9)10/h1-3,8H,(H2,7,11)(H,9,10)/p-1/b3-1+,4-2+. The van der Waals surface area contributed by atoms with Gasteiger partial charge < -0.3 is 15.9 Å². The number of carbonyl (C=O) groups excluding carboxylic acids is 1. The van der Waals surface area contributed by atoms with Gasteiger partial charge in [0.05, 0.1) is 0 Å². The summed E-state index contributed by atoms with van der Waals surface area (Å²) >= 11 is 0. The summed E-state index contributed by atoms with van der Waals surface area (Å²) in [5, 5.41) is 18.4. The molecule has 0 heterocycles. The monoisotopic (exact) mass is 156 g/mol. The molecule has 0 rings (SSSR count). The molecule has 0 aliphatic carbocycles. The number of amides is 1. The van der Waals surface area contributed by atoms with Crippen LogP contribution in [0, 0.1) is 0 Å². The molecule has 0 saturated heterocycles. The summed E-state index contributed by atoms with van der Waals surface area (Å²) in [6.45, 7) is 0. The molecule has 0 bridgehead atoms. The second-order valence-corrected chi connectivity index (χ2v) is 1.59. The highest BCUT2D eigenvalue weighted by molar-refractivity contribution is 5.89. The molecule has 0 radical (unpaired) electrons. The van der Waals surface area contributed by atoms with Crippen LogP contribution in [-0.4, -0.2) is 17.0 Å². The van der Waals surface area contributed by atoms with Gasteiger partial charge in [-0.1, -0.05) is 12.2 Å². The van der Waals surface area contributed by atoms with Gasteiger partial charge in [-0.25, -0.2) is 4.79 Å². The number of hydrogen-bond donors (Lipinski definition) is 2. The van der Waals surface area contributed by atoms with Gasteiger partial charge in [0.1, 0.15) is 0 Å². The van der Waals surface area contributed by atoms with Crippen LogP contribution in [0.1, 0.15) is 0 Å². The second-order valence-electron chi connectivity index (χ2n) is 1.59. The van der Waals surface area contributed by atoms with Crippen LogP contribution in [0.5, 0.6) is 0 Å². The fourth-order valence-corrected chi connectivity index (χ4v) is 0.300. The van der Waals surface area contributed by atoms with E-state index in [9.17, 15) is 14.7 Å². The predicted molar refractivity (Wildman–Crippen MR) is 34.1 cm³/mol. The van der Waals surface area contributed by atoms with E-state index in [1.54, 1.807) is 0 Å². The lowest BCUT2D eigenvalue weighted by Gasteiger charge is -2.02. The highest BCUT2D eigenvalue weighted by Crippen LogP contribution is 1.82. The van der Waals surface area contributed by atoms with Crippen LogP contribution in [-0.2, 0) is 9.59 Å². The van der Waals surface area contributed by atoms with Crippen LogP contribution < -0.4 is 10.8 Å². The van der Waals surface area contributed by atoms with E-state index in [1.165, 1.54) is 0 Å². The molecule has 0 atom stereocenters. The van der Waals surface area contributed by atoms with Gasteiger partial charge in [-0.15, -0.1) is 0 Å². The average molecular weight is 156 g/mol. The molecule has 5 heteroatoms. The Balaban J connectivity index is 4.13. The molecule has 0 spiro atoms. The first-order valence-electron chi connectivity index (χ1n) is 2.62. The molecule has 1 amide bonds. The molecule has 3 N–H and O–H groups in total. The second kappa shape index (κ2) is 4.10. The fraction of sp³-hybridized carbons (Fsp3) is 0. The Morgan fingerprint density at radius 3 is 2.36 bits per heavy atom. The van der Waals surface area contributed by atoms with Crippen molar-refractivity contribution in [3.05, 3.63) is 24.0 Å². The molecule has 0 aromatic rings. The zero-order valence-corrected chi connectivity index (χ0v) is 5.48. The van der Waals surface area contributed by atoms with Crippen molar-refractivity contribution in [2.45, 2.75) is 0 Å². The summed E-state index contributed by atoms with van der Waals surface area (Å²) in [5.41, 5.74) is 4.55. The predicted octanol–water partition coefficient (Wildman–Crippen LogP) is -1.64. The third-order valence-corrected chi connectivity index (χ3v) is 0.729. The van der Waals surface area contributed by atoms with Crippen LogP contribution >= 0.6 is 0 Å². The Labute approximate surface area is 62.4 Å². The maximum atomic E-state index is 10.4. The Kier molecular flexibility index (Phi) is 3.44. The van der Waals surface area contributed by atoms with Gasteiger partial charge in [-0.05, 0) is 5.76 Å². The average Bonchev–Trinajstić information content (AvgIpc) is 1.86. The van der Waals surface area contributed by atoms with Gasteiger partial charge in [0.2, 0.25) is 5.91 Å². The zero-order chi connectivity index (χ0) is 8.85. The minimum atomic E-state index is -1.20. The Bertz CT molecular complexity index is 229. The number of carboxylic acids is 1. The fourth-order valence-electron chi connectivity index (χ4n) is 0.300. The van der Waals surface area contributed by atoms with Crippen molar-refractivity contribution in [3.63, 3.8) is 0 Å². The largest absolute Gasteiger partial charge is 0.869 e. The van der Waals surface area contributed by atoms with Crippen LogP contribution in [0.4, 0.5) is 0 Å². The minimum absolute atomic E-state index is 0.723. The maximum Gasteiger partial charge on any atom is 0.328 e. The lowest BCUT2D eigenvalue weighted by Crippen LogP contribution is -2.22. The van der Waals surface area contributed by atoms with Crippen LogP contribution in [0.2, 0.25) is 0 Å². The van der Waals surface area contributed by atoms with E-state index < -0.39 is 17.6 Å². The first kappa shape index (κ1) is 9.22. The van der Waals surface area contributed by atoms with Crippen molar-refractivity contribution in [2.24, 2.45) is 5.73 Å². The SMILES string of the molecule is NC(=O)/C([O-])=C\C=C\C(=O)O. The van der Waals surface area contributed by atoms with Crippen molar-refractivity contribution < 1.29 is 19.8 Å². The van der Waals surface area contributed by atoms with Gasteiger partial charge in [-0.2, -0.15) is 0 Å². The number of allylic oxidation sites excluding steroid dienone is 2. The third kappa shape index (κ3) is 4.71. The van der Waals surface area contributed by atoms with Gasteiger partial charge in [0.15, 0.2) is 0 Å². The van der Waals surface area contributed by atoms with Crippen molar-refractivity contribution in [1.29, 1.82) is 0 Å². The lowest BCUT2D eigenvalue weighted by atomic mass is 10.4. The lowest BCUT2D eigenvalue weighted by molar-refractivity contribution is -0.298. The van der Waals surface area contributed by atoms with E-state index in [0.717, 1.165) is 18.2 Å². The number of nitrogens with two attached hydrogens (primary N) is 1. The van der Waals surface area contributed by atoms with Crippen LogP contribution in [0.25, 0.3) is 0 Å². The molecule has 5 nitrogen and oxygen atoms in total. The molecule has 0 saturated carbocycles. The molecule has 0 fully saturated rings. The molecular formula is C6H6NO4-. The molecular weight excluding hydrogens is 150 g/mol. The van der Waals surface area contributed by atoms with Crippen LogP contribution in [0.15, 0.2) is 24.0 Å². The summed E-state index contributed by atoms with van der Waals surface area (Å²) in [6, 6.07) is 0. The third-order valence-electron chi connectivity index (χ3n) is 0.729. The number of carboxylic acid groups (broad SMARTS) is 1. The topological polar surface area (TPSA) is 103 Å². The number of aliphatic carboxylic acids is 1. The Morgan fingerprint density at radius 2 is 2.00 bits per heavy atom. The molecule has 0 aromatic carbocycles. The molecule has 0 aromatic heterocycles. The molecule has 0 aliphatic heterocycles. The molecule has 0 aliphatic rings. The molecule has 11 heavy (non-hydrogen) atoms. The van der Waals surface area contributed by atoms with Crippen molar-refractivity contribution >= 4 is 11.9 Å². The van der Waals surface area contributed by atoms with Gasteiger partial charge in [0.25, 0.3) is 0 Å². The number of carbonyl (C=O) groups is 2. The number of rotatable bonds is 3. The van der Waals surface area contributed by atoms with E-state index in [2.05, 4.69) is 5.73 Å². The zero-order valence-electron chi connectivity index (χ0n) is 5.48. The Morgan fingerprint density at radius 1 is 1.45 bits per heavy atom. The van der Waals surface area contributed by atoms with Crippen molar-refractivity contribution in [3.8, 4) is 0 Å². The highest BCUT2D eigenvalue weighted by atomic mass is 16.4. The van der Waals surface area contributed by atoms with Crippen molar-refractivity contribution in [2.75, 3.05) is 0 Å². The Hall–Kier alpha value is -1.78. The minimum Gasteiger partial charge on any atom is -0.869 e. The molecule has 0 unspecified atom stereocenters. The van der Waals surface area contributed by atoms with E-state index in [0.29, 0.717) is 0 Å². The summed E-state index contributed by atoms with van der Waals surface area (Å²) in [6.07, 6.45) is 2.45. The summed E-state index contributed by atoms with van der Waals surface area (Å²) in [5.74, 6) is -3.24. The summed E-state index contributed by atoms with van der Waals surface area (Å²) < 4.78 is 0. The first-order valence-corrected chi connectivity index (χ1v) is 2.62. The van der Waals surface area contributed by atoms with Gasteiger partial charge in [0, 0.05) is 6.08 Å². The number of primary amides is 1. The van der Waals surface area contributed by atoms with Gasteiger partial charge >= 0.3 is 5.97 Å². The maximum absolute atomic E-state index is 10.4. The molecule has 60 valence electrons. The van der Waals surface area contributed by atoms with E-state index in [1.807, 2.05) is 0 Å². The van der Waals surface area contributed by atoms with E-state index >= 15 is 0 Å². The highest BCUT2D eigenvalue weighted by Gasteiger charge is 1.86. The normalized spacial score (nSPS) is 11.8. The van der Waals surface area contributed by atoms with Crippen LogP contribution in [0.3, 0.4) is 0 Å². The van der Waals surface area contributed by atoms with E-state index in [4.69, 9.17) is 5.11 Å². The number of hydrogen-bond acceptors (Lipinski definition) is 3. The van der Waals surface area contributed by atoms with E-state index in [-0.39, 0.29) is 0 Å².